The quantitative estimate of drug-likeness (QED) is 0.180. The number of aromatic nitrogens is 4. The molecule has 3 aromatic heterocycles. The minimum Gasteiger partial charge on any atom is -0.494 e. The normalized spacial score (nSPS) is 13.5. The van der Waals surface area contributed by atoms with E-state index in [2.05, 4.69) is 50.8 Å². The van der Waals surface area contributed by atoms with E-state index in [0.717, 1.165) is 4.47 Å². The zero-order valence-electron chi connectivity index (χ0n) is 25.6. The molecule has 43 heavy (non-hydrogen) atoms. The fourth-order valence-corrected chi connectivity index (χ4v) is 7.36. The minimum atomic E-state index is -4.26. The molecule has 0 bridgehead atoms. The highest BCUT2D eigenvalue weighted by Crippen LogP contribution is 2.40. The van der Waals surface area contributed by atoms with Gasteiger partial charge in [-0.1, -0.05) is 25.7 Å². The number of ether oxygens (including phenoxy) is 2. The average Bonchev–Trinajstić information content (AvgIpc) is 3.58. The first-order valence-corrected chi connectivity index (χ1v) is 19.8. The molecule has 0 aliphatic rings. The molecule has 4 aromatic rings. The number of anilines is 1. The highest BCUT2D eigenvalue weighted by Gasteiger charge is 2.40. The molecule has 0 fully saturated rings. The predicted octanol–water partition coefficient (Wildman–Crippen LogP) is 5.92. The summed E-state index contributed by atoms with van der Waals surface area (Å²) in [6.07, 6.45) is -1.41. The number of pyridine rings is 1. The maximum Gasteiger partial charge on any atom is 0.246 e. The van der Waals surface area contributed by atoms with E-state index in [1.807, 2.05) is 0 Å². The molecule has 3 heterocycles. The van der Waals surface area contributed by atoms with Crippen LogP contribution in [0, 0.1) is 13.8 Å². The molecular weight excluding hydrogens is 654 g/mol. The van der Waals surface area contributed by atoms with Crippen molar-refractivity contribution in [2.24, 2.45) is 0 Å². The van der Waals surface area contributed by atoms with Crippen LogP contribution in [0.4, 0.5) is 5.95 Å². The Morgan fingerprint density at radius 1 is 1.05 bits per heavy atom. The highest BCUT2D eigenvalue weighted by atomic mass is 79.9. The summed E-state index contributed by atoms with van der Waals surface area (Å²) in [6, 6.07) is 12.8. The van der Waals surface area contributed by atoms with Crippen LogP contribution < -0.4 is 13.8 Å². The van der Waals surface area contributed by atoms with E-state index in [1.165, 1.54) is 25.4 Å². The van der Waals surface area contributed by atoms with Gasteiger partial charge in [-0.3, -0.25) is 9.55 Å². The van der Waals surface area contributed by atoms with Crippen molar-refractivity contribution in [2.75, 3.05) is 25.1 Å². The number of aliphatic hydroxyl groups is 1. The van der Waals surface area contributed by atoms with Gasteiger partial charge < -0.3 is 19.0 Å². The molecule has 4 rings (SSSR count). The van der Waals surface area contributed by atoms with E-state index < -0.39 is 29.5 Å². The number of nitrogens with zero attached hydrogens (tertiary/aromatic N) is 5. The summed E-state index contributed by atoms with van der Waals surface area (Å²) in [7, 11) is -2.99. The second-order valence-electron chi connectivity index (χ2n) is 11.5. The molecular formula is C29H38BrN5O6SSi. The van der Waals surface area contributed by atoms with Gasteiger partial charge in [0.25, 0.3) is 0 Å². The van der Waals surface area contributed by atoms with Crippen LogP contribution in [-0.2, 0) is 10.0 Å². The van der Waals surface area contributed by atoms with Crippen LogP contribution in [0.1, 0.15) is 30.2 Å². The number of furan rings is 1. The van der Waals surface area contributed by atoms with Gasteiger partial charge in [0, 0.05) is 19.1 Å². The van der Waals surface area contributed by atoms with E-state index in [-0.39, 0.29) is 24.0 Å². The molecule has 0 radical (unpaired) electrons. The largest absolute Gasteiger partial charge is 0.494 e. The van der Waals surface area contributed by atoms with Crippen LogP contribution in [0.2, 0.25) is 25.7 Å². The van der Waals surface area contributed by atoms with Crippen LogP contribution >= 0.6 is 15.9 Å². The van der Waals surface area contributed by atoms with Gasteiger partial charge >= 0.3 is 0 Å². The number of aliphatic hydroxyl groups excluding tert-OH is 1. The molecule has 0 saturated heterocycles. The predicted molar refractivity (Wildman–Crippen MR) is 172 cm³/mol. The van der Waals surface area contributed by atoms with Crippen molar-refractivity contribution in [2.45, 2.75) is 57.8 Å². The number of methoxy groups -OCH3 is 2. The summed E-state index contributed by atoms with van der Waals surface area (Å²) < 4.78 is 50.0. The lowest BCUT2D eigenvalue weighted by atomic mass is 10.1. The summed E-state index contributed by atoms with van der Waals surface area (Å²) in [5.41, 5.74) is 1.29. The first-order valence-electron chi connectivity index (χ1n) is 13.8. The summed E-state index contributed by atoms with van der Waals surface area (Å²) in [6.45, 7) is 11.7. The third-order valence-electron chi connectivity index (χ3n) is 7.09. The van der Waals surface area contributed by atoms with Gasteiger partial charge in [-0.25, -0.2) is 12.7 Å². The summed E-state index contributed by atoms with van der Waals surface area (Å²) in [4.78, 5) is 4.43. The zero-order valence-corrected chi connectivity index (χ0v) is 29.0. The van der Waals surface area contributed by atoms with Crippen molar-refractivity contribution in [3.63, 3.8) is 0 Å². The smallest absolute Gasteiger partial charge is 0.246 e. The molecule has 2 atom stereocenters. The molecule has 14 heteroatoms. The standard InChI is InChI=1S/C29H38BrN5O6SSi/c1-18-12-15-25(41-18)28-32-33-29(35(28)26-23(39-4)10-9-11-24(26)40-5)34(16-17-43(6,7)8)42(37,38)20(3)27(36)22-14-13-21(30)19(2)31-22/h9-15,20,27,36H,16-17H2,1-8H3. The molecule has 0 amide bonds. The van der Waals surface area contributed by atoms with E-state index in [4.69, 9.17) is 13.9 Å². The molecule has 232 valence electrons. The Labute approximate surface area is 262 Å². The van der Waals surface area contributed by atoms with Crippen molar-refractivity contribution in [1.82, 2.24) is 19.7 Å². The lowest BCUT2D eigenvalue weighted by Crippen LogP contribution is -2.44. The Morgan fingerprint density at radius 3 is 2.23 bits per heavy atom. The third-order valence-corrected chi connectivity index (χ3v) is 11.8. The SMILES string of the molecule is COc1cccc(OC)c1-n1c(-c2ccc(C)o2)nnc1N(CC[Si](C)(C)C)S(=O)(=O)C(C)C(O)c1ccc(Br)c(C)n1. The van der Waals surface area contributed by atoms with Crippen molar-refractivity contribution in [3.05, 3.63) is 64.1 Å². The average molecular weight is 693 g/mol. The fourth-order valence-electron chi connectivity index (χ4n) is 4.52. The molecule has 0 spiro atoms. The van der Waals surface area contributed by atoms with Gasteiger partial charge in [0.15, 0.2) is 5.76 Å². The van der Waals surface area contributed by atoms with Gasteiger partial charge in [-0.15, -0.1) is 10.2 Å². The summed E-state index contributed by atoms with van der Waals surface area (Å²) >= 11 is 3.41. The van der Waals surface area contributed by atoms with Crippen LogP contribution in [0.5, 0.6) is 11.5 Å². The van der Waals surface area contributed by atoms with Gasteiger partial charge in [0.05, 0.1) is 25.6 Å². The fraction of sp³-hybridized carbons (Fsp3) is 0.414. The summed E-state index contributed by atoms with van der Waals surface area (Å²) in [5.74, 6) is 2.14. The molecule has 0 saturated carbocycles. The Kier molecular flexibility index (Phi) is 9.74. The van der Waals surface area contributed by atoms with E-state index in [1.54, 1.807) is 60.9 Å². The van der Waals surface area contributed by atoms with Crippen molar-refractivity contribution < 1.29 is 27.4 Å². The number of sulfonamides is 1. The van der Waals surface area contributed by atoms with Gasteiger partial charge in [-0.05, 0) is 79.1 Å². The number of para-hydroxylation sites is 1. The monoisotopic (exact) mass is 691 g/mol. The number of rotatable bonds is 12. The molecule has 1 aromatic carbocycles. The first kappa shape index (κ1) is 32.7. The van der Waals surface area contributed by atoms with Gasteiger partial charge in [0.1, 0.15) is 34.3 Å². The first-order chi connectivity index (χ1) is 20.2. The molecule has 2 unspecified atom stereocenters. The van der Waals surface area contributed by atoms with E-state index >= 15 is 0 Å². The Balaban J connectivity index is 1.96. The number of halogens is 1. The molecule has 1 N–H and O–H groups in total. The summed E-state index contributed by atoms with van der Waals surface area (Å²) in [5, 5.41) is 18.9. The zero-order chi connectivity index (χ0) is 31.7. The molecule has 0 aliphatic carbocycles. The van der Waals surface area contributed by atoms with Gasteiger partial charge in [0.2, 0.25) is 21.8 Å². The number of hydrogen-bond acceptors (Lipinski definition) is 9. The maximum atomic E-state index is 14.5. The maximum absolute atomic E-state index is 14.5. The lowest BCUT2D eigenvalue weighted by Gasteiger charge is -2.31. The highest BCUT2D eigenvalue weighted by molar-refractivity contribution is 9.10. The van der Waals surface area contributed by atoms with E-state index in [9.17, 15) is 13.5 Å². The minimum absolute atomic E-state index is 0.0177. The number of benzene rings is 1. The number of aryl methyl sites for hydroxylation is 2. The second-order valence-corrected chi connectivity index (χ2v) is 20.2. The molecule has 0 aliphatic heterocycles. The topological polar surface area (TPSA) is 133 Å². The van der Waals surface area contributed by atoms with Crippen molar-refractivity contribution in [1.29, 1.82) is 0 Å². The van der Waals surface area contributed by atoms with Crippen LogP contribution in [-0.4, -0.2) is 67.4 Å². The van der Waals surface area contributed by atoms with E-state index in [0.29, 0.717) is 40.4 Å². The number of hydrogen-bond donors (Lipinski definition) is 1. The van der Waals surface area contributed by atoms with Gasteiger partial charge in [-0.2, -0.15) is 0 Å². The second kappa shape index (κ2) is 12.8. The third kappa shape index (κ3) is 6.81. The lowest BCUT2D eigenvalue weighted by molar-refractivity contribution is 0.171. The van der Waals surface area contributed by atoms with Crippen molar-refractivity contribution in [3.8, 4) is 28.8 Å². The van der Waals surface area contributed by atoms with Crippen LogP contribution in [0.25, 0.3) is 17.3 Å². The van der Waals surface area contributed by atoms with Crippen LogP contribution in [0.3, 0.4) is 0 Å². The Bertz CT molecular complexity index is 1680. The Morgan fingerprint density at radius 2 is 1.70 bits per heavy atom. The van der Waals surface area contributed by atoms with Crippen molar-refractivity contribution >= 4 is 40.0 Å². The molecule has 11 nitrogen and oxygen atoms in total. The van der Waals surface area contributed by atoms with Crippen LogP contribution in [0.15, 0.2) is 51.4 Å². The Hall–Kier alpha value is -3.20.